The zero-order valence-electron chi connectivity index (χ0n) is 16.8. The van der Waals surface area contributed by atoms with Crippen LogP contribution in [0.15, 0.2) is 22.7 Å². The van der Waals surface area contributed by atoms with Gasteiger partial charge in [0.05, 0.1) is 11.2 Å². The van der Waals surface area contributed by atoms with Gasteiger partial charge in [-0.05, 0) is 38.7 Å². The Morgan fingerprint density at radius 3 is 2.53 bits per heavy atom. The summed E-state index contributed by atoms with van der Waals surface area (Å²) in [5, 5.41) is 2.98. The highest BCUT2D eigenvalue weighted by Crippen LogP contribution is 2.23. The van der Waals surface area contributed by atoms with Gasteiger partial charge in [-0.3, -0.25) is 9.59 Å². The van der Waals surface area contributed by atoms with E-state index in [1.165, 1.54) is 27.9 Å². The summed E-state index contributed by atoms with van der Waals surface area (Å²) in [5.41, 5.74) is 2.64. The molecule has 0 bridgehead atoms. The van der Waals surface area contributed by atoms with Crippen molar-refractivity contribution in [1.29, 1.82) is 0 Å². The third-order valence-electron chi connectivity index (χ3n) is 5.66. The Morgan fingerprint density at radius 1 is 1.20 bits per heavy atom. The first-order valence-electron chi connectivity index (χ1n) is 10.0. The van der Waals surface area contributed by atoms with Crippen molar-refractivity contribution in [2.24, 2.45) is 0 Å². The maximum Gasteiger partial charge on any atom is 0.270 e. The van der Waals surface area contributed by atoms with Crippen LogP contribution in [-0.2, 0) is 10.0 Å². The van der Waals surface area contributed by atoms with Gasteiger partial charge in [-0.2, -0.15) is 4.31 Å². The predicted molar refractivity (Wildman–Crippen MR) is 112 cm³/mol. The lowest BCUT2D eigenvalue weighted by Gasteiger charge is -2.31. The SMILES string of the molecule is Cc1ncsc1C(=O)NC1CCN(S(=O)(=O)c2c[nH]c(C(=O)N3CCCC3)c2)CC1. The molecular weight excluding hydrogens is 426 g/mol. The molecular formula is C19H25N5O4S2. The number of nitrogens with one attached hydrogen (secondary N) is 2. The zero-order valence-corrected chi connectivity index (χ0v) is 18.4. The molecule has 0 aliphatic carbocycles. The Morgan fingerprint density at radius 2 is 1.90 bits per heavy atom. The first-order chi connectivity index (χ1) is 14.4. The second-order valence-corrected chi connectivity index (χ2v) is 10.5. The number of carbonyl (C=O) groups excluding carboxylic acids is 2. The number of aromatic amines is 1. The van der Waals surface area contributed by atoms with Gasteiger partial charge < -0.3 is 15.2 Å². The molecule has 2 saturated heterocycles. The minimum Gasteiger partial charge on any atom is -0.356 e. The maximum atomic E-state index is 13.0. The Labute approximate surface area is 179 Å². The number of aromatic nitrogens is 2. The molecule has 9 nitrogen and oxygen atoms in total. The van der Waals surface area contributed by atoms with E-state index in [4.69, 9.17) is 0 Å². The molecule has 2 aromatic rings. The van der Waals surface area contributed by atoms with Crippen LogP contribution in [0.4, 0.5) is 0 Å². The lowest BCUT2D eigenvalue weighted by Crippen LogP contribution is -2.46. The summed E-state index contributed by atoms with van der Waals surface area (Å²) in [7, 11) is -3.69. The maximum absolute atomic E-state index is 13.0. The van der Waals surface area contributed by atoms with Gasteiger partial charge in [-0.15, -0.1) is 11.3 Å². The Bertz CT molecular complexity index is 1030. The normalized spacial score (nSPS) is 18.6. The van der Waals surface area contributed by atoms with Crippen molar-refractivity contribution < 1.29 is 18.0 Å². The largest absolute Gasteiger partial charge is 0.356 e. The minimum atomic E-state index is -3.69. The van der Waals surface area contributed by atoms with E-state index in [0.717, 1.165) is 12.8 Å². The highest BCUT2D eigenvalue weighted by atomic mass is 32.2. The van der Waals surface area contributed by atoms with Crippen molar-refractivity contribution in [3.8, 4) is 0 Å². The van der Waals surface area contributed by atoms with E-state index in [1.54, 1.807) is 17.3 Å². The highest BCUT2D eigenvalue weighted by molar-refractivity contribution is 7.89. The standard InChI is InChI=1S/C19H25N5O4S2/c1-13-17(29-12-21-13)18(25)22-14-4-8-24(9-5-14)30(27,28)15-10-16(20-11-15)19(26)23-6-2-3-7-23/h10-12,14,20H,2-9H2,1H3,(H,22,25). The lowest BCUT2D eigenvalue weighted by molar-refractivity contribution is 0.0787. The van der Waals surface area contributed by atoms with Crippen LogP contribution in [0.1, 0.15) is 51.5 Å². The topological polar surface area (TPSA) is 115 Å². The average molecular weight is 452 g/mol. The summed E-state index contributed by atoms with van der Waals surface area (Å²) < 4.78 is 27.4. The van der Waals surface area contributed by atoms with Crippen LogP contribution < -0.4 is 5.32 Å². The number of likely N-dealkylation sites (tertiary alicyclic amines) is 1. The number of aryl methyl sites for hydroxylation is 1. The highest BCUT2D eigenvalue weighted by Gasteiger charge is 2.32. The van der Waals surface area contributed by atoms with Crippen molar-refractivity contribution in [2.45, 2.75) is 43.5 Å². The number of H-pyrrole nitrogens is 1. The smallest absolute Gasteiger partial charge is 0.270 e. The molecule has 162 valence electrons. The molecule has 30 heavy (non-hydrogen) atoms. The number of hydrogen-bond donors (Lipinski definition) is 2. The Hall–Kier alpha value is -2.24. The van der Waals surface area contributed by atoms with E-state index in [0.29, 0.717) is 55.3 Å². The average Bonchev–Trinajstić information content (AvgIpc) is 3.49. The fourth-order valence-electron chi connectivity index (χ4n) is 3.90. The molecule has 0 aromatic carbocycles. The molecule has 2 fully saturated rings. The summed E-state index contributed by atoms with van der Waals surface area (Å²) in [6, 6.07) is 1.35. The number of sulfonamides is 1. The molecule has 2 aliphatic heterocycles. The zero-order chi connectivity index (χ0) is 21.3. The van der Waals surface area contributed by atoms with Crippen LogP contribution in [0.25, 0.3) is 0 Å². The van der Waals surface area contributed by atoms with Crippen LogP contribution in [0.2, 0.25) is 0 Å². The summed E-state index contributed by atoms with van der Waals surface area (Å²) in [4.78, 5) is 34.2. The van der Waals surface area contributed by atoms with Crippen LogP contribution in [0, 0.1) is 6.92 Å². The molecule has 2 amide bonds. The van der Waals surface area contributed by atoms with Gasteiger partial charge in [0, 0.05) is 38.4 Å². The van der Waals surface area contributed by atoms with Crippen LogP contribution >= 0.6 is 11.3 Å². The van der Waals surface area contributed by atoms with Crippen LogP contribution in [0.5, 0.6) is 0 Å². The minimum absolute atomic E-state index is 0.0796. The van der Waals surface area contributed by atoms with E-state index in [1.807, 2.05) is 0 Å². The Kier molecular flexibility index (Phi) is 5.94. The summed E-state index contributed by atoms with van der Waals surface area (Å²) >= 11 is 1.30. The molecule has 2 N–H and O–H groups in total. The number of hydrogen-bond acceptors (Lipinski definition) is 6. The molecule has 0 spiro atoms. The van der Waals surface area contributed by atoms with Gasteiger partial charge in [0.25, 0.3) is 11.8 Å². The number of piperidine rings is 1. The fraction of sp³-hybridized carbons (Fsp3) is 0.526. The van der Waals surface area contributed by atoms with Crippen molar-refractivity contribution in [1.82, 2.24) is 24.5 Å². The van der Waals surface area contributed by atoms with E-state index in [-0.39, 0.29) is 22.8 Å². The van der Waals surface area contributed by atoms with Gasteiger partial charge >= 0.3 is 0 Å². The number of rotatable bonds is 5. The first-order valence-corrected chi connectivity index (χ1v) is 12.4. The Balaban J connectivity index is 1.36. The quantitative estimate of drug-likeness (QED) is 0.716. The van der Waals surface area contributed by atoms with Gasteiger partial charge in [0.15, 0.2) is 0 Å². The number of thiazole rings is 1. The fourth-order valence-corrected chi connectivity index (χ4v) is 6.07. The van der Waals surface area contributed by atoms with Crippen molar-refractivity contribution in [3.05, 3.63) is 34.0 Å². The third kappa shape index (κ3) is 4.14. The monoisotopic (exact) mass is 451 g/mol. The summed E-state index contributed by atoms with van der Waals surface area (Å²) in [5.74, 6) is -0.319. The van der Waals surface area contributed by atoms with Gasteiger partial charge in [-0.1, -0.05) is 0 Å². The van der Waals surface area contributed by atoms with Crippen molar-refractivity contribution in [3.63, 3.8) is 0 Å². The molecule has 11 heteroatoms. The number of nitrogens with zero attached hydrogens (tertiary/aromatic N) is 3. The van der Waals surface area contributed by atoms with Gasteiger partial charge in [-0.25, -0.2) is 13.4 Å². The summed E-state index contributed by atoms with van der Waals surface area (Å²) in [6.07, 6.45) is 4.41. The molecule has 0 atom stereocenters. The second kappa shape index (κ2) is 8.48. The second-order valence-electron chi connectivity index (χ2n) is 7.67. The summed E-state index contributed by atoms with van der Waals surface area (Å²) in [6.45, 7) is 3.84. The van der Waals surface area contributed by atoms with Crippen LogP contribution in [-0.4, -0.2) is 71.6 Å². The van der Waals surface area contributed by atoms with E-state index >= 15 is 0 Å². The molecule has 0 unspecified atom stereocenters. The third-order valence-corrected chi connectivity index (χ3v) is 8.46. The molecule has 0 radical (unpaired) electrons. The van der Waals surface area contributed by atoms with E-state index in [2.05, 4.69) is 15.3 Å². The van der Waals surface area contributed by atoms with Crippen LogP contribution in [0.3, 0.4) is 0 Å². The predicted octanol–water partition coefficient (Wildman–Crippen LogP) is 1.60. The van der Waals surface area contributed by atoms with E-state index in [9.17, 15) is 18.0 Å². The van der Waals surface area contributed by atoms with Gasteiger partial charge in [0.2, 0.25) is 10.0 Å². The molecule has 2 aliphatic rings. The van der Waals surface area contributed by atoms with Gasteiger partial charge in [0.1, 0.15) is 15.5 Å². The molecule has 2 aromatic heterocycles. The first kappa shape index (κ1) is 21.0. The number of amides is 2. The van der Waals surface area contributed by atoms with E-state index < -0.39 is 10.0 Å². The number of carbonyl (C=O) groups is 2. The van der Waals surface area contributed by atoms with Crippen molar-refractivity contribution >= 4 is 33.2 Å². The van der Waals surface area contributed by atoms with Crippen molar-refractivity contribution in [2.75, 3.05) is 26.2 Å². The molecule has 4 heterocycles. The molecule has 0 saturated carbocycles. The lowest BCUT2D eigenvalue weighted by atomic mass is 10.1. The molecule has 4 rings (SSSR count).